The number of ether oxygens (including phenoxy) is 2. The molecule has 258 valence electrons. The minimum atomic E-state index is -0.882. The molecular weight excluding hydrogens is 631 g/mol. The van der Waals surface area contributed by atoms with Gasteiger partial charge in [0.1, 0.15) is 23.6 Å². The number of aromatic amines is 1. The number of hydrogen-bond donors (Lipinski definition) is 2. The van der Waals surface area contributed by atoms with Gasteiger partial charge < -0.3 is 24.5 Å². The Labute approximate surface area is 287 Å². The van der Waals surface area contributed by atoms with E-state index < -0.39 is 11.4 Å². The third-order valence-corrected chi connectivity index (χ3v) is 11.4. The molecule has 9 nitrogen and oxygen atoms in total. The molecule has 0 saturated carbocycles. The number of H-pyrrole nitrogens is 1. The summed E-state index contributed by atoms with van der Waals surface area (Å²) in [4.78, 5) is 22.4. The number of nitrogens with zero attached hydrogens (tertiary/aromatic N) is 5. The Bertz CT molecular complexity index is 1790. The zero-order valence-electron chi connectivity index (χ0n) is 28.5. The van der Waals surface area contributed by atoms with Crippen molar-refractivity contribution in [3.05, 3.63) is 40.4 Å². The van der Waals surface area contributed by atoms with Crippen molar-refractivity contribution < 1.29 is 19.0 Å². The first kappa shape index (κ1) is 33.4. The molecule has 4 aliphatic heterocycles. The van der Waals surface area contributed by atoms with Crippen LogP contribution in [0.15, 0.2) is 18.3 Å². The van der Waals surface area contributed by atoms with Gasteiger partial charge in [0.25, 0.3) is 0 Å². The second kappa shape index (κ2) is 13.7. The second-order valence-electron chi connectivity index (χ2n) is 14.2. The summed E-state index contributed by atoms with van der Waals surface area (Å²) in [5.74, 6) is 0.0760. The number of anilines is 1. The van der Waals surface area contributed by atoms with Crippen LogP contribution in [0, 0.1) is 5.82 Å². The van der Waals surface area contributed by atoms with Crippen LogP contribution in [0.3, 0.4) is 0 Å². The molecule has 0 spiro atoms. The highest BCUT2D eigenvalue weighted by atomic mass is 35.5. The van der Waals surface area contributed by atoms with Crippen LogP contribution < -0.4 is 9.64 Å². The summed E-state index contributed by atoms with van der Waals surface area (Å²) >= 11 is 6.97. The predicted molar refractivity (Wildman–Crippen MR) is 189 cm³/mol. The molecule has 4 bridgehead atoms. The van der Waals surface area contributed by atoms with Crippen molar-refractivity contribution in [3.63, 3.8) is 0 Å². The molecule has 3 aromatic heterocycles. The fourth-order valence-electron chi connectivity index (χ4n) is 8.13. The zero-order valence-corrected chi connectivity index (χ0v) is 29.3. The third kappa shape index (κ3) is 6.25. The molecule has 7 heterocycles. The number of nitrogens with one attached hydrogen (secondary N) is 1. The van der Waals surface area contributed by atoms with Gasteiger partial charge in [-0.25, -0.2) is 4.39 Å². The van der Waals surface area contributed by atoms with Gasteiger partial charge in [-0.15, -0.1) is 0 Å². The number of pyridine rings is 1. The van der Waals surface area contributed by atoms with E-state index in [2.05, 4.69) is 22.9 Å². The summed E-state index contributed by atoms with van der Waals surface area (Å²) in [7, 11) is 1.96. The first-order valence-electron chi connectivity index (χ1n) is 17.8. The van der Waals surface area contributed by atoms with Gasteiger partial charge in [-0.05, 0) is 101 Å². The molecule has 4 aliphatic rings. The zero-order chi connectivity index (χ0) is 33.5. The summed E-state index contributed by atoms with van der Waals surface area (Å²) in [5, 5.41) is 13.3. The van der Waals surface area contributed by atoms with Crippen LogP contribution in [0.4, 0.5) is 10.2 Å². The lowest BCUT2D eigenvalue weighted by Crippen LogP contribution is -2.43. The van der Waals surface area contributed by atoms with Gasteiger partial charge >= 0.3 is 6.01 Å². The van der Waals surface area contributed by atoms with E-state index in [9.17, 15) is 5.11 Å². The highest BCUT2D eigenvalue weighted by Crippen LogP contribution is 2.42. The fourth-order valence-corrected chi connectivity index (χ4v) is 8.43. The van der Waals surface area contributed by atoms with Gasteiger partial charge in [-0.3, -0.25) is 9.88 Å². The summed E-state index contributed by atoms with van der Waals surface area (Å²) < 4.78 is 29.6. The molecule has 0 amide bonds. The SMILES string of the molecule is CCc1cc2c3c(c(Cl)cc2[nH]1)CCCOCC(O)(CC)CCCCN(C)c1nc(OCC24CCCN2CCC4)nc2c(F)c-3ncc12. The minimum Gasteiger partial charge on any atom is -0.461 e. The average Bonchev–Trinajstić information content (AvgIpc) is 3.80. The second-order valence-corrected chi connectivity index (χ2v) is 14.6. The van der Waals surface area contributed by atoms with E-state index in [1.165, 1.54) is 0 Å². The largest absolute Gasteiger partial charge is 0.461 e. The van der Waals surface area contributed by atoms with Gasteiger partial charge in [0.15, 0.2) is 5.82 Å². The fraction of sp³-hybridized carbons (Fsp3) is 0.595. The Morgan fingerprint density at radius 1 is 1.04 bits per heavy atom. The predicted octanol–water partition coefficient (Wildman–Crippen LogP) is 7.25. The van der Waals surface area contributed by atoms with Crippen molar-refractivity contribution in [2.24, 2.45) is 0 Å². The first-order chi connectivity index (χ1) is 23.2. The monoisotopic (exact) mass is 678 g/mol. The summed E-state index contributed by atoms with van der Waals surface area (Å²) in [6.45, 7) is 8.15. The van der Waals surface area contributed by atoms with Crippen molar-refractivity contribution in [2.45, 2.75) is 95.6 Å². The molecule has 8 rings (SSSR count). The molecule has 48 heavy (non-hydrogen) atoms. The lowest BCUT2D eigenvalue weighted by atomic mass is 9.94. The summed E-state index contributed by atoms with van der Waals surface area (Å²) in [6, 6.07) is 4.18. The molecule has 1 atom stereocenters. The smallest absolute Gasteiger partial charge is 0.319 e. The number of rotatable bonds is 5. The molecule has 4 aromatic rings. The van der Waals surface area contributed by atoms with Crippen molar-refractivity contribution >= 4 is 39.2 Å². The Balaban J connectivity index is 1.36. The maximum Gasteiger partial charge on any atom is 0.319 e. The molecular formula is C37H48ClFN6O3. The van der Waals surface area contributed by atoms with Gasteiger partial charge in [-0.1, -0.05) is 25.4 Å². The van der Waals surface area contributed by atoms with Crippen LogP contribution in [0.25, 0.3) is 33.1 Å². The topological polar surface area (TPSA) is 99.6 Å². The molecule has 2 saturated heterocycles. The first-order valence-corrected chi connectivity index (χ1v) is 18.2. The molecule has 2 fully saturated rings. The van der Waals surface area contributed by atoms with E-state index in [1.54, 1.807) is 6.20 Å². The number of hydrogen-bond acceptors (Lipinski definition) is 8. The number of aryl methyl sites for hydroxylation is 1. The Hall–Kier alpha value is -3.05. The van der Waals surface area contributed by atoms with Crippen LogP contribution in [0.1, 0.15) is 82.9 Å². The van der Waals surface area contributed by atoms with E-state index in [-0.39, 0.29) is 29.4 Å². The van der Waals surface area contributed by atoms with Crippen molar-refractivity contribution in [1.29, 1.82) is 0 Å². The third-order valence-electron chi connectivity index (χ3n) is 11.1. The van der Waals surface area contributed by atoms with Crippen LogP contribution in [0.2, 0.25) is 5.02 Å². The van der Waals surface area contributed by atoms with E-state index in [0.29, 0.717) is 67.2 Å². The van der Waals surface area contributed by atoms with Crippen LogP contribution in [-0.4, -0.2) is 87.6 Å². The van der Waals surface area contributed by atoms with Crippen LogP contribution >= 0.6 is 11.6 Å². The van der Waals surface area contributed by atoms with Crippen LogP contribution in [-0.2, 0) is 17.6 Å². The van der Waals surface area contributed by atoms with Crippen molar-refractivity contribution in [3.8, 4) is 17.3 Å². The maximum absolute atomic E-state index is 17.1. The number of aliphatic hydroxyl groups is 1. The van der Waals surface area contributed by atoms with Crippen molar-refractivity contribution in [1.82, 2.24) is 24.8 Å². The normalized spacial score (nSPS) is 22.3. The number of benzene rings is 1. The van der Waals surface area contributed by atoms with Crippen LogP contribution in [0.5, 0.6) is 6.01 Å². The van der Waals surface area contributed by atoms with Gasteiger partial charge in [-0.2, -0.15) is 9.97 Å². The van der Waals surface area contributed by atoms with Crippen molar-refractivity contribution in [2.75, 3.05) is 51.4 Å². The maximum atomic E-state index is 17.1. The number of aromatic nitrogens is 4. The molecule has 2 N–H and O–H groups in total. The Morgan fingerprint density at radius 3 is 2.62 bits per heavy atom. The van der Waals surface area contributed by atoms with Gasteiger partial charge in [0, 0.05) is 53.6 Å². The molecule has 11 heteroatoms. The lowest BCUT2D eigenvalue weighted by molar-refractivity contribution is -0.0556. The minimum absolute atomic E-state index is 0.00363. The quantitative estimate of drug-likeness (QED) is 0.228. The molecule has 1 unspecified atom stereocenters. The highest BCUT2D eigenvalue weighted by Gasteiger charge is 2.45. The Morgan fingerprint density at radius 2 is 1.85 bits per heavy atom. The van der Waals surface area contributed by atoms with Gasteiger partial charge in [0.2, 0.25) is 0 Å². The molecule has 1 aromatic carbocycles. The number of fused-ring (bicyclic) bond motifs is 13. The summed E-state index contributed by atoms with van der Waals surface area (Å²) in [6.07, 6.45) is 11.1. The van der Waals surface area contributed by atoms with E-state index >= 15 is 4.39 Å². The average molecular weight is 679 g/mol. The van der Waals surface area contributed by atoms with E-state index in [4.69, 9.17) is 36.0 Å². The lowest BCUT2D eigenvalue weighted by Gasteiger charge is -2.31. The Kier molecular flexibility index (Phi) is 9.54. The highest BCUT2D eigenvalue weighted by molar-refractivity contribution is 6.33. The standard InChI is InChI=1S/C37H48ClFN6O3/c1-4-24-19-26-29(41-24)20-28(38)25-11-8-18-47-23-37(46,5-2)14-6-7-15-44(3)34-27-21-40-33(30(25)26)31(39)32(27)42-35(43-34)48-22-36-12-9-16-45(36)17-10-13-36/h19-21,41,46H,4-18,22-23H2,1-3H3. The summed E-state index contributed by atoms with van der Waals surface area (Å²) in [5.41, 5.74) is 2.88. The van der Waals surface area contributed by atoms with E-state index in [0.717, 1.165) is 80.2 Å². The van der Waals surface area contributed by atoms with E-state index in [1.807, 2.05) is 24.9 Å². The molecule has 0 radical (unpaired) electrons. The molecule has 0 aliphatic carbocycles. The number of halogens is 2. The van der Waals surface area contributed by atoms with Gasteiger partial charge in [0.05, 0.1) is 23.1 Å².